The summed E-state index contributed by atoms with van der Waals surface area (Å²) in [6, 6.07) is 0. The van der Waals surface area contributed by atoms with E-state index < -0.39 is 8.17 Å². The van der Waals surface area contributed by atoms with Gasteiger partial charge in [-0.15, -0.1) is 9.05 Å². The molecule has 1 rings (SSSR count). The molecule has 1 aliphatic heterocycles. The highest BCUT2D eigenvalue weighted by Gasteiger charge is 2.54. The molecule has 0 amide bonds. The summed E-state index contributed by atoms with van der Waals surface area (Å²) in [6.07, 6.45) is -0.307. The highest BCUT2D eigenvalue weighted by molar-refractivity contribution is 7.54. The molecule has 1 aliphatic rings. The van der Waals surface area contributed by atoms with Gasteiger partial charge in [-0.05, 0) is 6.92 Å². The molecule has 0 spiro atoms. The van der Waals surface area contributed by atoms with Crippen LogP contribution in [0.2, 0.25) is 0 Å². The second-order valence-electron chi connectivity index (χ2n) is 1.66. The van der Waals surface area contributed by atoms with Crippen molar-refractivity contribution in [2.75, 3.05) is 6.61 Å². The van der Waals surface area contributed by atoms with Crippen molar-refractivity contribution in [1.29, 1.82) is 0 Å². The predicted octanol–water partition coefficient (Wildman–Crippen LogP) is 0.960. The number of hydrogen-bond acceptors (Lipinski definition) is 2. The van der Waals surface area contributed by atoms with Gasteiger partial charge in [-0.25, -0.2) is 0 Å². The summed E-state index contributed by atoms with van der Waals surface area (Å²) < 4.78 is 8.56. The van der Waals surface area contributed by atoms with E-state index in [2.05, 4.69) is 9.05 Å². The van der Waals surface area contributed by atoms with Gasteiger partial charge in [-0.2, -0.15) is 0 Å². The molecule has 1 atom stereocenters. The molecular formula is C3H6O4P+. The van der Waals surface area contributed by atoms with Crippen molar-refractivity contribution in [3.05, 3.63) is 0 Å². The maximum absolute atomic E-state index is 10.2. The molecule has 8 heavy (non-hydrogen) atoms. The lowest BCUT2D eigenvalue weighted by Crippen LogP contribution is -2.00. The lowest BCUT2D eigenvalue weighted by molar-refractivity contribution is 0.141. The molecule has 0 bridgehead atoms. The molecule has 46 valence electrons. The van der Waals surface area contributed by atoms with E-state index in [0.29, 0.717) is 0 Å². The molecule has 1 saturated heterocycles. The summed E-state index contributed by atoms with van der Waals surface area (Å²) in [5, 5.41) is 0. The van der Waals surface area contributed by atoms with Crippen LogP contribution in [0, 0.1) is 0 Å². The number of hydrogen-bond donors (Lipinski definition) is 0. The van der Waals surface area contributed by atoms with Crippen LogP contribution in [-0.4, -0.2) is 12.7 Å². The fourth-order valence-corrected chi connectivity index (χ4v) is 1.43. The van der Waals surface area contributed by atoms with Gasteiger partial charge in [0.15, 0.2) is 0 Å². The minimum Gasteiger partial charge on any atom is -0.147 e. The monoisotopic (exact) mass is 137 g/mol. The Bertz CT molecular complexity index is 93.3. The van der Waals surface area contributed by atoms with Crippen molar-refractivity contribution in [1.82, 2.24) is 0 Å². The molecule has 0 N–H and O–H groups in total. The zero-order valence-corrected chi connectivity index (χ0v) is 5.26. The quantitative estimate of drug-likeness (QED) is 0.467. The summed E-state index contributed by atoms with van der Waals surface area (Å²) in [5.74, 6) is 0. The van der Waals surface area contributed by atoms with E-state index in [1.807, 2.05) is 0 Å². The van der Waals surface area contributed by atoms with Crippen LogP contribution in [0.25, 0.3) is 0 Å². The molecule has 4 nitrogen and oxygen atoms in total. The summed E-state index contributed by atoms with van der Waals surface area (Å²) in [7, 11) is -3.85. The standard InChI is InChI=1S/C3H6O4P/c1-3-2-6-8(4,5)7-3/h3H,2H2,1H3/q+1. The first-order valence-electron chi connectivity index (χ1n) is 2.24. The molecule has 5 heteroatoms. The Morgan fingerprint density at radius 1 is 1.62 bits per heavy atom. The molecular weight excluding hydrogens is 131 g/mol. The third-order valence-electron chi connectivity index (χ3n) is 0.776. The predicted molar refractivity (Wildman–Crippen MR) is 24.8 cm³/mol. The van der Waals surface area contributed by atoms with Crippen molar-refractivity contribution >= 4 is 8.17 Å². The molecule has 0 aromatic rings. The van der Waals surface area contributed by atoms with E-state index in [9.17, 15) is 9.79 Å². The first-order valence-corrected chi connectivity index (χ1v) is 3.70. The zero-order chi connectivity index (χ0) is 6.20. The van der Waals surface area contributed by atoms with E-state index in [0.717, 1.165) is 0 Å². The largest absolute Gasteiger partial charge is 0.645 e. The zero-order valence-electron chi connectivity index (χ0n) is 4.36. The van der Waals surface area contributed by atoms with Crippen LogP contribution in [0.5, 0.6) is 0 Å². The molecule has 0 aliphatic carbocycles. The van der Waals surface area contributed by atoms with Gasteiger partial charge in [0, 0.05) is 0 Å². The summed E-state index contributed by atoms with van der Waals surface area (Å²) in [4.78, 5) is 20.4. The van der Waals surface area contributed by atoms with Crippen LogP contribution in [0.1, 0.15) is 6.92 Å². The van der Waals surface area contributed by atoms with Crippen molar-refractivity contribution in [3.8, 4) is 0 Å². The van der Waals surface area contributed by atoms with Gasteiger partial charge in [0.2, 0.25) is 0 Å². The Balaban J connectivity index is 2.44. The Labute approximate surface area is 47.7 Å². The molecule has 0 saturated carbocycles. The minimum atomic E-state index is -3.85. The molecule has 2 radical (unpaired) electrons. The van der Waals surface area contributed by atoms with E-state index in [1.165, 1.54) is 0 Å². The van der Waals surface area contributed by atoms with E-state index in [-0.39, 0.29) is 12.7 Å². The van der Waals surface area contributed by atoms with Crippen LogP contribution >= 0.6 is 8.17 Å². The van der Waals surface area contributed by atoms with Gasteiger partial charge in [0.25, 0.3) is 0 Å². The third-order valence-corrected chi connectivity index (χ3v) is 1.86. The van der Waals surface area contributed by atoms with Crippen molar-refractivity contribution in [2.24, 2.45) is 0 Å². The van der Waals surface area contributed by atoms with Crippen LogP contribution in [-0.2, 0) is 18.8 Å². The van der Waals surface area contributed by atoms with Crippen LogP contribution < -0.4 is 0 Å². The van der Waals surface area contributed by atoms with Gasteiger partial charge in [0.1, 0.15) is 12.7 Å². The molecule has 1 heterocycles. The van der Waals surface area contributed by atoms with E-state index in [1.54, 1.807) is 6.92 Å². The second kappa shape index (κ2) is 1.90. The topological polar surface area (TPSA) is 58.3 Å². The van der Waals surface area contributed by atoms with E-state index >= 15 is 0 Å². The van der Waals surface area contributed by atoms with Gasteiger partial charge in [0.05, 0.1) is 9.79 Å². The van der Waals surface area contributed by atoms with Gasteiger partial charge in [-0.3, -0.25) is 0 Å². The molecule has 0 aromatic heterocycles. The van der Waals surface area contributed by atoms with Crippen molar-refractivity contribution in [3.63, 3.8) is 0 Å². The Morgan fingerprint density at radius 3 is 2.38 bits per heavy atom. The fourth-order valence-electron chi connectivity index (χ4n) is 0.477. The summed E-state index contributed by atoms with van der Waals surface area (Å²) in [5.41, 5.74) is 0. The normalized spacial score (nSPS) is 35.6. The second-order valence-corrected chi connectivity index (χ2v) is 3.02. The first kappa shape index (κ1) is 6.39. The first-order chi connectivity index (χ1) is 3.60. The SMILES string of the molecule is CC1CO[P+]([O])([O])O1. The summed E-state index contributed by atoms with van der Waals surface area (Å²) in [6.45, 7) is 1.79. The fraction of sp³-hybridized carbons (Fsp3) is 1.00. The smallest absolute Gasteiger partial charge is 0.147 e. The maximum atomic E-state index is 10.2. The summed E-state index contributed by atoms with van der Waals surface area (Å²) >= 11 is 0. The molecule has 1 unspecified atom stereocenters. The molecule has 1 fully saturated rings. The molecule has 0 aromatic carbocycles. The minimum absolute atomic E-state index is 0.154. The van der Waals surface area contributed by atoms with Crippen LogP contribution in [0.15, 0.2) is 0 Å². The van der Waals surface area contributed by atoms with Gasteiger partial charge < -0.3 is 0 Å². The highest BCUT2D eigenvalue weighted by atomic mass is 31.2. The van der Waals surface area contributed by atoms with Gasteiger partial charge >= 0.3 is 8.17 Å². The van der Waals surface area contributed by atoms with E-state index in [4.69, 9.17) is 0 Å². The Morgan fingerprint density at radius 2 is 2.25 bits per heavy atom. The Kier molecular flexibility index (Phi) is 1.52. The average Bonchev–Trinajstić information content (AvgIpc) is 1.82. The average molecular weight is 137 g/mol. The Hall–Kier alpha value is 0.270. The number of rotatable bonds is 0. The van der Waals surface area contributed by atoms with Crippen molar-refractivity contribution < 1.29 is 18.8 Å². The lowest BCUT2D eigenvalue weighted by Gasteiger charge is -1.89. The lowest BCUT2D eigenvalue weighted by atomic mass is 10.5. The highest BCUT2D eigenvalue weighted by Crippen LogP contribution is 2.59. The van der Waals surface area contributed by atoms with Crippen LogP contribution in [0.4, 0.5) is 0 Å². The maximum Gasteiger partial charge on any atom is 0.645 e. The van der Waals surface area contributed by atoms with Crippen molar-refractivity contribution in [2.45, 2.75) is 13.0 Å². The third kappa shape index (κ3) is 1.37. The van der Waals surface area contributed by atoms with Crippen LogP contribution in [0.3, 0.4) is 0 Å². The van der Waals surface area contributed by atoms with Gasteiger partial charge in [-0.1, -0.05) is 0 Å².